The van der Waals surface area contributed by atoms with Crippen LogP contribution in [-0.4, -0.2) is 25.6 Å². The fourth-order valence-electron chi connectivity index (χ4n) is 2.41. The maximum absolute atomic E-state index is 12.2. The van der Waals surface area contributed by atoms with E-state index < -0.39 is 5.97 Å². The molecule has 0 N–H and O–H groups in total. The van der Waals surface area contributed by atoms with E-state index in [1.807, 2.05) is 31.2 Å². The summed E-state index contributed by atoms with van der Waals surface area (Å²) in [4.78, 5) is 16.6. The molecular formula is C21H17BrINO4. The summed E-state index contributed by atoms with van der Waals surface area (Å²) < 4.78 is 18.3. The molecule has 1 heterocycles. The molecule has 144 valence electrons. The highest BCUT2D eigenvalue weighted by molar-refractivity contribution is 14.1. The quantitative estimate of drug-likeness (QED) is 0.209. The minimum Gasteiger partial charge on any atom is -0.493 e. The summed E-state index contributed by atoms with van der Waals surface area (Å²) in [5.41, 5.74) is 2.61. The van der Waals surface area contributed by atoms with Crippen molar-refractivity contribution in [1.29, 1.82) is 0 Å². The maximum atomic E-state index is 12.2. The van der Waals surface area contributed by atoms with Gasteiger partial charge >= 0.3 is 5.97 Å². The van der Waals surface area contributed by atoms with E-state index in [1.165, 1.54) is 0 Å². The summed E-state index contributed by atoms with van der Waals surface area (Å²) in [5.74, 6) is 0.954. The Balaban J connectivity index is 1.87. The largest absolute Gasteiger partial charge is 0.493 e. The molecule has 3 rings (SSSR count). The van der Waals surface area contributed by atoms with Crippen LogP contribution in [0.2, 0.25) is 0 Å². The summed E-state index contributed by atoms with van der Waals surface area (Å²) in [6.07, 6.45) is 1.65. The second kappa shape index (κ2) is 8.91. The Morgan fingerprint density at radius 2 is 2.07 bits per heavy atom. The van der Waals surface area contributed by atoms with E-state index in [2.05, 4.69) is 50.1 Å². The van der Waals surface area contributed by atoms with E-state index in [1.54, 1.807) is 25.3 Å². The number of methoxy groups -OCH3 is 1. The number of carbonyl (C=O) groups is 1. The highest BCUT2D eigenvalue weighted by atomic mass is 127. The van der Waals surface area contributed by atoms with Crippen LogP contribution >= 0.6 is 38.5 Å². The summed E-state index contributed by atoms with van der Waals surface area (Å²) in [6, 6.07) is 11.0. The number of hydrogen-bond donors (Lipinski definition) is 0. The van der Waals surface area contributed by atoms with Crippen molar-refractivity contribution < 1.29 is 19.0 Å². The van der Waals surface area contributed by atoms with Gasteiger partial charge in [-0.05, 0) is 93.0 Å². The normalized spacial score (nSPS) is 14.6. The van der Waals surface area contributed by atoms with Gasteiger partial charge in [0, 0.05) is 13.6 Å². The van der Waals surface area contributed by atoms with Crippen LogP contribution in [0.4, 0.5) is 0 Å². The summed E-state index contributed by atoms with van der Waals surface area (Å²) in [5, 5.41) is 0. The SMILES string of the molecule is C=C(C)COc1ccc(/C=C2\N=C(c3ccc(I)c(Br)c3)OC2=O)cc1OC. The number of carbonyl (C=O) groups excluding carboxylic acids is 1. The molecule has 0 amide bonds. The molecule has 1 aliphatic heterocycles. The first-order valence-electron chi connectivity index (χ1n) is 8.30. The van der Waals surface area contributed by atoms with Gasteiger partial charge in [0.1, 0.15) is 6.61 Å². The van der Waals surface area contributed by atoms with Crippen LogP contribution in [0, 0.1) is 3.57 Å². The van der Waals surface area contributed by atoms with Gasteiger partial charge in [0.15, 0.2) is 17.2 Å². The van der Waals surface area contributed by atoms with Crippen LogP contribution in [0.1, 0.15) is 18.1 Å². The van der Waals surface area contributed by atoms with Crippen molar-refractivity contribution in [3.05, 3.63) is 73.4 Å². The van der Waals surface area contributed by atoms with E-state index in [0.29, 0.717) is 18.1 Å². The molecule has 0 spiro atoms. The van der Waals surface area contributed by atoms with Gasteiger partial charge < -0.3 is 14.2 Å². The highest BCUT2D eigenvalue weighted by Gasteiger charge is 2.24. The smallest absolute Gasteiger partial charge is 0.363 e. The van der Waals surface area contributed by atoms with Crippen LogP contribution in [-0.2, 0) is 9.53 Å². The number of nitrogens with zero attached hydrogens (tertiary/aromatic N) is 1. The third-order valence-corrected chi connectivity index (χ3v) is 6.09. The molecule has 0 saturated carbocycles. The zero-order valence-electron chi connectivity index (χ0n) is 15.3. The van der Waals surface area contributed by atoms with Crippen molar-refractivity contribution in [1.82, 2.24) is 0 Å². The first kappa shape index (κ1) is 20.6. The molecule has 0 aromatic heterocycles. The lowest BCUT2D eigenvalue weighted by atomic mass is 10.1. The zero-order valence-corrected chi connectivity index (χ0v) is 19.0. The number of cyclic esters (lactones) is 1. The van der Waals surface area contributed by atoms with Gasteiger partial charge in [0.05, 0.1) is 7.11 Å². The van der Waals surface area contributed by atoms with Crippen molar-refractivity contribution in [2.45, 2.75) is 6.92 Å². The molecule has 0 fully saturated rings. The highest BCUT2D eigenvalue weighted by Crippen LogP contribution is 2.30. The lowest BCUT2D eigenvalue weighted by Crippen LogP contribution is -2.05. The molecule has 5 nitrogen and oxygen atoms in total. The molecule has 2 aromatic carbocycles. The van der Waals surface area contributed by atoms with Crippen molar-refractivity contribution in [2.75, 3.05) is 13.7 Å². The number of esters is 1. The van der Waals surface area contributed by atoms with Crippen molar-refractivity contribution in [3.8, 4) is 11.5 Å². The van der Waals surface area contributed by atoms with Gasteiger partial charge in [0.2, 0.25) is 5.90 Å². The number of ether oxygens (including phenoxy) is 3. The number of rotatable bonds is 6. The molecule has 0 unspecified atom stereocenters. The first-order valence-corrected chi connectivity index (χ1v) is 10.2. The number of aliphatic imine (C=N–C) groups is 1. The van der Waals surface area contributed by atoms with E-state index in [4.69, 9.17) is 14.2 Å². The Hall–Kier alpha value is -2.13. The summed E-state index contributed by atoms with van der Waals surface area (Å²) in [7, 11) is 1.56. The standard InChI is InChI=1S/C21H17BrINO4/c1-12(2)11-27-18-7-4-13(9-19(18)26-3)8-17-21(25)28-20(24-17)14-5-6-16(23)15(22)10-14/h4-10H,1,11H2,2-3H3/b17-8-. The number of hydrogen-bond acceptors (Lipinski definition) is 5. The lowest BCUT2D eigenvalue weighted by molar-refractivity contribution is -0.129. The maximum Gasteiger partial charge on any atom is 0.363 e. The Bertz CT molecular complexity index is 1010. The lowest BCUT2D eigenvalue weighted by Gasteiger charge is -2.11. The predicted molar refractivity (Wildman–Crippen MR) is 121 cm³/mol. The fourth-order valence-corrected chi connectivity index (χ4v) is 3.13. The molecule has 2 aromatic rings. The van der Waals surface area contributed by atoms with Crippen LogP contribution in [0.15, 0.2) is 63.7 Å². The first-order chi connectivity index (χ1) is 13.4. The molecular weight excluding hydrogens is 537 g/mol. The van der Waals surface area contributed by atoms with Crippen LogP contribution in [0.3, 0.4) is 0 Å². The Morgan fingerprint density at radius 3 is 2.75 bits per heavy atom. The third kappa shape index (κ3) is 4.82. The van der Waals surface area contributed by atoms with Crippen LogP contribution in [0.25, 0.3) is 6.08 Å². The summed E-state index contributed by atoms with van der Waals surface area (Å²) in [6.45, 7) is 6.11. The van der Waals surface area contributed by atoms with Crippen molar-refractivity contribution in [3.63, 3.8) is 0 Å². The van der Waals surface area contributed by atoms with Gasteiger partial charge in [-0.15, -0.1) is 0 Å². The van der Waals surface area contributed by atoms with Gasteiger partial charge in [-0.1, -0.05) is 12.6 Å². The van der Waals surface area contributed by atoms with E-state index >= 15 is 0 Å². The molecule has 0 aliphatic carbocycles. The fraction of sp³-hybridized carbons (Fsp3) is 0.143. The van der Waals surface area contributed by atoms with Gasteiger partial charge in [-0.2, -0.15) is 0 Å². The van der Waals surface area contributed by atoms with E-state index in [0.717, 1.165) is 24.7 Å². The molecule has 1 aliphatic rings. The Labute approximate surface area is 185 Å². The molecule has 7 heteroatoms. The average Bonchev–Trinajstić information content (AvgIpc) is 3.03. The van der Waals surface area contributed by atoms with Crippen LogP contribution < -0.4 is 9.47 Å². The third-order valence-electron chi connectivity index (χ3n) is 3.75. The monoisotopic (exact) mass is 553 g/mol. The predicted octanol–water partition coefficient (Wildman–Crippen LogP) is 5.36. The van der Waals surface area contributed by atoms with Gasteiger partial charge in [-0.25, -0.2) is 9.79 Å². The number of benzene rings is 2. The molecule has 0 radical (unpaired) electrons. The molecule has 0 saturated heterocycles. The molecule has 0 bridgehead atoms. The zero-order chi connectivity index (χ0) is 20.3. The van der Waals surface area contributed by atoms with E-state index in [-0.39, 0.29) is 11.6 Å². The van der Waals surface area contributed by atoms with Crippen LogP contribution in [0.5, 0.6) is 11.5 Å². The Kier molecular flexibility index (Phi) is 6.56. The minimum atomic E-state index is -0.494. The van der Waals surface area contributed by atoms with Gasteiger partial charge in [0.25, 0.3) is 0 Å². The van der Waals surface area contributed by atoms with Crippen molar-refractivity contribution >= 4 is 56.5 Å². The minimum absolute atomic E-state index is 0.224. The average molecular weight is 554 g/mol. The second-order valence-electron chi connectivity index (χ2n) is 6.12. The molecule has 0 atom stereocenters. The Morgan fingerprint density at radius 1 is 1.29 bits per heavy atom. The van der Waals surface area contributed by atoms with E-state index in [9.17, 15) is 4.79 Å². The second-order valence-corrected chi connectivity index (χ2v) is 8.14. The van der Waals surface area contributed by atoms with Crippen molar-refractivity contribution in [2.24, 2.45) is 4.99 Å². The van der Waals surface area contributed by atoms with Gasteiger partial charge in [-0.3, -0.25) is 0 Å². The summed E-state index contributed by atoms with van der Waals surface area (Å²) >= 11 is 5.69. The number of halogens is 2. The topological polar surface area (TPSA) is 57.1 Å². The molecule has 28 heavy (non-hydrogen) atoms.